The van der Waals surface area contributed by atoms with Gasteiger partial charge in [-0.15, -0.1) is 0 Å². The summed E-state index contributed by atoms with van der Waals surface area (Å²) in [7, 11) is 1.24. The Hall–Kier alpha value is -3.01. The van der Waals surface area contributed by atoms with E-state index < -0.39 is 5.97 Å². The normalized spacial score (nSPS) is 11.0. The summed E-state index contributed by atoms with van der Waals surface area (Å²) in [5, 5.41) is 0. The Morgan fingerprint density at radius 2 is 1.57 bits per heavy atom. The second kappa shape index (κ2) is 7.31. The van der Waals surface area contributed by atoms with Gasteiger partial charge in [-0.1, -0.05) is 48.5 Å². The molecule has 2 rings (SSSR count). The van der Waals surface area contributed by atoms with E-state index in [2.05, 4.69) is 4.74 Å². The van der Waals surface area contributed by atoms with Crippen LogP contribution >= 0.6 is 0 Å². The minimum atomic E-state index is -0.650. The number of hydrogen-bond donors (Lipinski definition) is 0. The summed E-state index contributed by atoms with van der Waals surface area (Å²) in [5.74, 6) is -0.981. The van der Waals surface area contributed by atoms with Gasteiger partial charge in [-0.3, -0.25) is 9.59 Å². The zero-order valence-electron chi connectivity index (χ0n) is 12.9. The van der Waals surface area contributed by atoms with Crippen LogP contribution in [0.2, 0.25) is 0 Å². The first-order chi connectivity index (χ1) is 11.1. The molecule has 0 unspecified atom stereocenters. The molecule has 0 bridgehead atoms. The quantitative estimate of drug-likeness (QED) is 0.368. The number of aldehydes is 1. The molecule has 2 aromatic carbocycles. The first-order valence-electron chi connectivity index (χ1n) is 7.03. The molecule has 23 heavy (non-hydrogen) atoms. The minimum Gasteiger partial charge on any atom is -0.466 e. The van der Waals surface area contributed by atoms with Crippen LogP contribution in [0.3, 0.4) is 0 Å². The molecule has 0 fully saturated rings. The predicted octanol–water partition coefficient (Wildman–Crippen LogP) is 3.25. The fraction of sp³-hybridized carbons (Fsp3) is 0.105. The highest BCUT2D eigenvalue weighted by atomic mass is 16.5. The maximum absolute atomic E-state index is 12.9. The van der Waals surface area contributed by atoms with Gasteiger partial charge in [0.25, 0.3) is 0 Å². The van der Waals surface area contributed by atoms with Crippen molar-refractivity contribution in [2.75, 3.05) is 7.11 Å². The number of methoxy groups -OCH3 is 1. The Kier molecular flexibility index (Phi) is 5.20. The lowest BCUT2D eigenvalue weighted by atomic mass is 9.91. The van der Waals surface area contributed by atoms with Gasteiger partial charge >= 0.3 is 5.97 Å². The molecule has 0 saturated heterocycles. The topological polar surface area (TPSA) is 60.4 Å². The highest BCUT2D eigenvalue weighted by molar-refractivity contribution is 6.32. The summed E-state index contributed by atoms with van der Waals surface area (Å²) < 4.78 is 4.64. The number of carbonyl (C=O) groups excluding carboxylic acids is 3. The van der Waals surface area contributed by atoms with E-state index in [1.54, 1.807) is 36.4 Å². The number of ether oxygens (including phenoxy) is 1. The fourth-order valence-electron chi connectivity index (χ4n) is 2.26. The molecule has 0 aromatic heterocycles. The van der Waals surface area contributed by atoms with E-state index in [1.807, 2.05) is 19.1 Å². The number of allylic oxidation sites excluding steroid dienone is 1. The van der Waals surface area contributed by atoms with Crippen LogP contribution in [0.15, 0.2) is 54.6 Å². The van der Waals surface area contributed by atoms with Gasteiger partial charge < -0.3 is 4.74 Å². The van der Waals surface area contributed by atoms with Gasteiger partial charge in [-0.2, -0.15) is 0 Å². The van der Waals surface area contributed by atoms with Gasteiger partial charge in [0.1, 0.15) is 0 Å². The molecule has 0 saturated carbocycles. The molecular formula is C19H16O4. The third-order valence-electron chi connectivity index (χ3n) is 3.48. The lowest BCUT2D eigenvalue weighted by Gasteiger charge is -2.11. The van der Waals surface area contributed by atoms with Gasteiger partial charge in [-0.05, 0) is 18.1 Å². The van der Waals surface area contributed by atoms with Crippen molar-refractivity contribution in [1.82, 2.24) is 0 Å². The Morgan fingerprint density at radius 1 is 0.957 bits per heavy atom. The largest absolute Gasteiger partial charge is 0.466 e. The van der Waals surface area contributed by atoms with Crippen LogP contribution in [0.5, 0.6) is 0 Å². The first-order valence-corrected chi connectivity index (χ1v) is 7.03. The molecule has 0 aliphatic carbocycles. The Labute approximate surface area is 134 Å². The molecular weight excluding hydrogens is 292 g/mol. The predicted molar refractivity (Wildman–Crippen MR) is 87.3 cm³/mol. The molecule has 4 heteroatoms. The molecule has 4 nitrogen and oxygen atoms in total. The van der Waals surface area contributed by atoms with E-state index in [9.17, 15) is 14.4 Å². The van der Waals surface area contributed by atoms with Crippen LogP contribution in [0, 0.1) is 6.92 Å². The summed E-state index contributed by atoms with van der Waals surface area (Å²) in [5.41, 5.74) is 2.14. The Bertz CT molecular complexity index is 787. The van der Waals surface area contributed by atoms with Crippen LogP contribution in [0.1, 0.15) is 31.8 Å². The minimum absolute atomic E-state index is 0.133. The smallest absolute Gasteiger partial charge is 0.331 e. The van der Waals surface area contributed by atoms with Crippen molar-refractivity contribution < 1.29 is 19.1 Å². The number of rotatable bonds is 5. The Balaban J connectivity index is 2.62. The highest BCUT2D eigenvalue weighted by Gasteiger charge is 2.20. The van der Waals surface area contributed by atoms with Crippen molar-refractivity contribution in [1.29, 1.82) is 0 Å². The van der Waals surface area contributed by atoms with Crippen LogP contribution in [0.25, 0.3) is 5.57 Å². The van der Waals surface area contributed by atoms with Crippen molar-refractivity contribution in [3.8, 4) is 0 Å². The van der Waals surface area contributed by atoms with Crippen molar-refractivity contribution >= 4 is 23.6 Å². The monoisotopic (exact) mass is 308 g/mol. The van der Waals surface area contributed by atoms with E-state index in [1.165, 1.54) is 7.11 Å². The zero-order chi connectivity index (χ0) is 16.8. The third-order valence-corrected chi connectivity index (χ3v) is 3.48. The van der Waals surface area contributed by atoms with Gasteiger partial charge in [-0.25, -0.2) is 4.79 Å². The van der Waals surface area contributed by atoms with Gasteiger partial charge in [0.2, 0.25) is 0 Å². The Morgan fingerprint density at radius 3 is 2.17 bits per heavy atom. The lowest BCUT2D eigenvalue weighted by Crippen LogP contribution is -2.09. The van der Waals surface area contributed by atoms with Crippen molar-refractivity contribution in [2.24, 2.45) is 0 Å². The lowest BCUT2D eigenvalue weighted by molar-refractivity contribution is -0.134. The van der Waals surface area contributed by atoms with Gasteiger partial charge in [0.15, 0.2) is 12.1 Å². The molecule has 0 atom stereocenters. The summed E-state index contributed by atoms with van der Waals surface area (Å²) >= 11 is 0. The van der Waals surface area contributed by atoms with Gasteiger partial charge in [0, 0.05) is 22.8 Å². The maximum Gasteiger partial charge on any atom is 0.331 e. The zero-order valence-corrected chi connectivity index (χ0v) is 12.9. The van der Waals surface area contributed by atoms with E-state index >= 15 is 0 Å². The second-order valence-electron chi connectivity index (χ2n) is 4.93. The van der Waals surface area contributed by atoms with Crippen molar-refractivity contribution in [3.63, 3.8) is 0 Å². The van der Waals surface area contributed by atoms with E-state index in [4.69, 9.17) is 0 Å². The molecule has 0 N–H and O–H groups in total. The summed E-state index contributed by atoms with van der Waals surface area (Å²) in [6.45, 7) is 1.81. The summed E-state index contributed by atoms with van der Waals surface area (Å²) in [6, 6.07) is 13.7. The summed E-state index contributed by atoms with van der Waals surface area (Å²) in [4.78, 5) is 35.8. The SMILES string of the molecule is COC(=O)C=C(C(=O)c1ccccc1C)c1ccccc1C=O. The number of esters is 1. The van der Waals surface area contributed by atoms with E-state index in [0.29, 0.717) is 23.0 Å². The first kappa shape index (κ1) is 16.4. The van der Waals surface area contributed by atoms with E-state index in [-0.39, 0.29) is 11.4 Å². The third kappa shape index (κ3) is 3.61. The maximum atomic E-state index is 12.9. The highest BCUT2D eigenvalue weighted by Crippen LogP contribution is 2.24. The average Bonchev–Trinajstić information content (AvgIpc) is 2.59. The number of benzene rings is 2. The standard InChI is InChI=1S/C19H16O4/c1-13-7-3-5-9-15(13)19(22)17(11-18(21)23-2)16-10-6-4-8-14(16)12-20/h3-12H,1-2H3. The molecule has 0 radical (unpaired) electrons. The van der Waals surface area contributed by atoms with Crippen molar-refractivity contribution in [2.45, 2.75) is 6.92 Å². The molecule has 0 amide bonds. The molecule has 2 aromatic rings. The number of aryl methyl sites for hydroxylation is 1. The summed E-state index contributed by atoms with van der Waals surface area (Å²) in [6.07, 6.45) is 1.78. The molecule has 0 spiro atoms. The molecule has 0 aliphatic rings. The fourth-order valence-corrected chi connectivity index (χ4v) is 2.26. The second-order valence-corrected chi connectivity index (χ2v) is 4.93. The molecule has 0 aliphatic heterocycles. The average molecular weight is 308 g/mol. The molecule has 0 heterocycles. The van der Waals surface area contributed by atoms with Crippen LogP contribution in [-0.4, -0.2) is 25.1 Å². The van der Waals surface area contributed by atoms with E-state index in [0.717, 1.165) is 11.6 Å². The van der Waals surface area contributed by atoms with Crippen molar-refractivity contribution in [3.05, 3.63) is 76.9 Å². The molecule has 116 valence electrons. The van der Waals surface area contributed by atoms with Gasteiger partial charge in [0.05, 0.1) is 7.11 Å². The number of hydrogen-bond acceptors (Lipinski definition) is 4. The number of Topliss-reactive ketones (excluding diaryl/α,β-unsaturated/α-hetero) is 1. The van der Waals surface area contributed by atoms with Crippen LogP contribution in [0.4, 0.5) is 0 Å². The van der Waals surface area contributed by atoms with Crippen LogP contribution < -0.4 is 0 Å². The number of ketones is 1. The van der Waals surface area contributed by atoms with Crippen LogP contribution in [-0.2, 0) is 9.53 Å². The number of carbonyl (C=O) groups is 3.